The molecule has 0 atom stereocenters. The molecule has 0 N–H and O–H groups in total. The zero-order valence-electron chi connectivity index (χ0n) is 8.32. The minimum atomic E-state index is 1.12. The average molecular weight is 185 g/mol. The fraction of sp³-hybridized carbons (Fsp3) is 0.231. The fourth-order valence-electron chi connectivity index (χ4n) is 1.44. The van der Waals surface area contributed by atoms with Gasteiger partial charge in [-0.1, -0.05) is 43.0 Å². The van der Waals surface area contributed by atoms with Crippen LogP contribution in [0.25, 0.3) is 6.08 Å². The molecule has 2 aliphatic rings. The Bertz CT molecular complexity index is 348. The lowest BCUT2D eigenvalue weighted by atomic mass is 10.1. The summed E-state index contributed by atoms with van der Waals surface area (Å²) in [4.78, 5) is 2.14. The van der Waals surface area contributed by atoms with Gasteiger partial charge in [-0.3, -0.25) is 0 Å². The van der Waals surface area contributed by atoms with E-state index in [2.05, 4.69) is 47.9 Å². The lowest BCUT2D eigenvalue weighted by Gasteiger charge is -1.93. The summed E-state index contributed by atoms with van der Waals surface area (Å²) in [6.07, 6.45) is 7.36. The van der Waals surface area contributed by atoms with E-state index in [0.29, 0.717) is 0 Å². The quantitative estimate of drug-likeness (QED) is 0.608. The molecule has 1 heterocycles. The molecule has 72 valence electrons. The highest BCUT2D eigenvalue weighted by atomic mass is 15.2. The van der Waals surface area contributed by atoms with Gasteiger partial charge in [0.15, 0.2) is 0 Å². The van der Waals surface area contributed by atoms with Crippen molar-refractivity contribution in [2.75, 3.05) is 13.1 Å². The van der Waals surface area contributed by atoms with Crippen LogP contribution >= 0.6 is 0 Å². The van der Waals surface area contributed by atoms with Gasteiger partial charge >= 0.3 is 0 Å². The molecule has 0 amide bonds. The van der Waals surface area contributed by atoms with Crippen LogP contribution in [-0.4, -0.2) is 18.0 Å². The molecule has 1 aromatic carbocycles. The van der Waals surface area contributed by atoms with Gasteiger partial charge in [0.05, 0.1) is 0 Å². The summed E-state index contributed by atoms with van der Waals surface area (Å²) in [6.45, 7) is 6.00. The largest absolute Gasteiger partial charge is 0.374 e. The van der Waals surface area contributed by atoms with Gasteiger partial charge in [0.25, 0.3) is 0 Å². The van der Waals surface area contributed by atoms with Crippen molar-refractivity contribution in [3.05, 3.63) is 54.2 Å². The molecule has 1 saturated heterocycles. The van der Waals surface area contributed by atoms with Gasteiger partial charge in [0.2, 0.25) is 0 Å². The normalized spacial score (nSPS) is 15.6. The Balaban J connectivity index is 0.000000128. The number of rotatable bonds is 1. The van der Waals surface area contributed by atoms with E-state index in [-0.39, 0.29) is 0 Å². The molecule has 3 rings (SSSR count). The van der Waals surface area contributed by atoms with E-state index in [1.54, 1.807) is 0 Å². The van der Waals surface area contributed by atoms with Crippen LogP contribution in [0, 0.1) is 0 Å². The van der Waals surface area contributed by atoms with Crippen LogP contribution in [0.3, 0.4) is 0 Å². The van der Waals surface area contributed by atoms with Crippen molar-refractivity contribution in [3.63, 3.8) is 0 Å². The third-order valence-corrected chi connectivity index (χ3v) is 2.43. The Kier molecular flexibility index (Phi) is 2.68. The van der Waals surface area contributed by atoms with Gasteiger partial charge in [-0.05, 0) is 23.7 Å². The van der Waals surface area contributed by atoms with Crippen LogP contribution in [-0.2, 0) is 6.42 Å². The van der Waals surface area contributed by atoms with E-state index >= 15 is 0 Å². The highest BCUT2D eigenvalue weighted by molar-refractivity contribution is 5.59. The second kappa shape index (κ2) is 4.14. The molecule has 1 fully saturated rings. The summed E-state index contributed by atoms with van der Waals surface area (Å²) >= 11 is 0. The Labute approximate surface area is 85.4 Å². The second-order valence-electron chi connectivity index (χ2n) is 3.52. The molecule has 1 aliphatic heterocycles. The van der Waals surface area contributed by atoms with Gasteiger partial charge in [-0.15, -0.1) is 0 Å². The highest BCUT2D eigenvalue weighted by Crippen LogP contribution is 2.17. The summed E-state index contributed by atoms with van der Waals surface area (Å²) in [5.41, 5.74) is 2.84. The topological polar surface area (TPSA) is 3.01 Å². The number of hydrogen-bond donors (Lipinski definition) is 0. The van der Waals surface area contributed by atoms with Crippen molar-refractivity contribution in [1.82, 2.24) is 4.90 Å². The zero-order chi connectivity index (χ0) is 9.80. The standard InChI is InChI=1S/C9H8.C4H7N/c1-2-5-9-7-3-6-8(9)4-1;1-2-5-3-4-5/h1-6H,7H2;2H,1,3-4H2. The van der Waals surface area contributed by atoms with Crippen LogP contribution in [0.4, 0.5) is 0 Å². The van der Waals surface area contributed by atoms with Crippen molar-refractivity contribution in [1.29, 1.82) is 0 Å². The van der Waals surface area contributed by atoms with Crippen molar-refractivity contribution in [3.8, 4) is 0 Å². The number of allylic oxidation sites excluding steroid dienone is 1. The molecule has 0 bridgehead atoms. The summed E-state index contributed by atoms with van der Waals surface area (Å²) < 4.78 is 0. The number of nitrogens with zero attached hydrogens (tertiary/aromatic N) is 1. The molecule has 0 spiro atoms. The molecule has 14 heavy (non-hydrogen) atoms. The fourth-order valence-corrected chi connectivity index (χ4v) is 1.44. The number of fused-ring (bicyclic) bond motifs is 1. The van der Waals surface area contributed by atoms with Crippen LogP contribution in [0.1, 0.15) is 11.1 Å². The van der Waals surface area contributed by atoms with Gasteiger partial charge in [0, 0.05) is 13.1 Å². The Hall–Kier alpha value is -1.50. The Morgan fingerprint density at radius 3 is 2.57 bits per heavy atom. The first-order chi connectivity index (χ1) is 6.90. The Morgan fingerprint density at radius 1 is 1.21 bits per heavy atom. The average Bonchev–Trinajstić information content (AvgIpc) is 2.96. The molecule has 1 heteroatoms. The third-order valence-electron chi connectivity index (χ3n) is 2.43. The smallest absolute Gasteiger partial charge is 0.0349 e. The third kappa shape index (κ3) is 2.25. The first-order valence-electron chi connectivity index (χ1n) is 5.01. The van der Waals surface area contributed by atoms with Gasteiger partial charge in [-0.25, -0.2) is 0 Å². The minimum Gasteiger partial charge on any atom is -0.374 e. The van der Waals surface area contributed by atoms with Gasteiger partial charge in [0.1, 0.15) is 0 Å². The molecule has 1 nitrogen and oxygen atoms in total. The summed E-state index contributed by atoms with van der Waals surface area (Å²) in [5.74, 6) is 0. The van der Waals surface area contributed by atoms with Crippen LogP contribution in [0.5, 0.6) is 0 Å². The molecule has 0 radical (unpaired) electrons. The van der Waals surface area contributed by atoms with Crippen LogP contribution < -0.4 is 0 Å². The first-order valence-corrected chi connectivity index (χ1v) is 5.01. The van der Waals surface area contributed by atoms with Gasteiger partial charge in [-0.2, -0.15) is 0 Å². The zero-order valence-corrected chi connectivity index (χ0v) is 8.32. The van der Waals surface area contributed by atoms with E-state index in [4.69, 9.17) is 0 Å². The second-order valence-corrected chi connectivity index (χ2v) is 3.52. The SMILES string of the molecule is C1=Cc2ccccc2C1.C=CN1CC1. The maximum absolute atomic E-state index is 3.55. The Morgan fingerprint density at radius 2 is 2.00 bits per heavy atom. The molecule has 1 aliphatic carbocycles. The van der Waals surface area contributed by atoms with Crippen molar-refractivity contribution in [2.24, 2.45) is 0 Å². The molecule has 0 aromatic heterocycles. The van der Waals surface area contributed by atoms with Crippen molar-refractivity contribution < 1.29 is 0 Å². The first kappa shape index (κ1) is 9.07. The molecule has 0 unspecified atom stereocenters. The lowest BCUT2D eigenvalue weighted by Crippen LogP contribution is -1.76. The number of benzene rings is 1. The predicted octanol–water partition coefficient (Wildman–Crippen LogP) is 2.70. The predicted molar refractivity (Wildman–Crippen MR) is 61.0 cm³/mol. The minimum absolute atomic E-state index is 1.12. The monoisotopic (exact) mass is 185 g/mol. The molecular formula is C13H15N. The molecular weight excluding hydrogens is 170 g/mol. The maximum Gasteiger partial charge on any atom is 0.0349 e. The van der Waals surface area contributed by atoms with E-state index < -0.39 is 0 Å². The number of hydrogen-bond acceptors (Lipinski definition) is 1. The summed E-state index contributed by atoms with van der Waals surface area (Å²) in [7, 11) is 0. The maximum atomic E-state index is 3.55. The molecule has 1 aromatic rings. The van der Waals surface area contributed by atoms with E-state index in [0.717, 1.165) is 6.42 Å². The van der Waals surface area contributed by atoms with E-state index in [9.17, 15) is 0 Å². The van der Waals surface area contributed by atoms with Gasteiger partial charge < -0.3 is 4.90 Å². The van der Waals surface area contributed by atoms with Crippen molar-refractivity contribution >= 4 is 6.08 Å². The molecule has 0 saturated carbocycles. The lowest BCUT2D eigenvalue weighted by molar-refractivity contribution is 0.776. The van der Waals surface area contributed by atoms with Crippen LogP contribution in [0.2, 0.25) is 0 Å². The van der Waals surface area contributed by atoms with E-state index in [1.807, 2.05) is 6.20 Å². The highest BCUT2D eigenvalue weighted by Gasteiger charge is 2.08. The van der Waals surface area contributed by atoms with E-state index in [1.165, 1.54) is 24.2 Å². The van der Waals surface area contributed by atoms with Crippen LogP contribution in [0.15, 0.2) is 43.1 Å². The summed E-state index contributed by atoms with van der Waals surface area (Å²) in [5, 5.41) is 0. The van der Waals surface area contributed by atoms with Crippen molar-refractivity contribution in [2.45, 2.75) is 6.42 Å². The summed E-state index contributed by atoms with van der Waals surface area (Å²) in [6, 6.07) is 8.49.